The van der Waals surface area contributed by atoms with Crippen molar-refractivity contribution in [2.75, 3.05) is 0 Å². The molecule has 8 nitrogen and oxygen atoms in total. The minimum atomic E-state index is -0.716. The van der Waals surface area contributed by atoms with E-state index in [9.17, 15) is 4.79 Å². The van der Waals surface area contributed by atoms with Gasteiger partial charge in [0.2, 0.25) is 0 Å². The van der Waals surface area contributed by atoms with Crippen LogP contribution in [0.25, 0.3) is 78.9 Å². The zero-order chi connectivity index (χ0) is 44.5. The van der Waals surface area contributed by atoms with Crippen LogP contribution in [0.3, 0.4) is 0 Å². The van der Waals surface area contributed by atoms with Gasteiger partial charge in [0.15, 0.2) is 23.3 Å². The molecule has 0 saturated heterocycles. The van der Waals surface area contributed by atoms with E-state index in [0.717, 1.165) is 72.6 Å². The summed E-state index contributed by atoms with van der Waals surface area (Å²) in [5.74, 6) is 1.66. The fourth-order valence-corrected chi connectivity index (χ4v) is 10.2. The topological polar surface area (TPSA) is 91.4 Å². The average molecular weight is 860 g/mol. The van der Waals surface area contributed by atoms with Gasteiger partial charge in [-0.2, -0.15) is 0 Å². The number of imidazole rings is 2. The lowest BCUT2D eigenvalue weighted by atomic mass is 9.70. The molecule has 0 saturated carbocycles. The smallest absolute Gasteiger partial charge is 0.193 e. The van der Waals surface area contributed by atoms with Crippen molar-refractivity contribution in [2.24, 2.45) is 0 Å². The summed E-state index contributed by atoms with van der Waals surface area (Å²) in [7, 11) is 0. The molecular weight excluding hydrogens is 823 g/mol. The number of aromatic nitrogens is 7. The zero-order valence-electron chi connectivity index (χ0n) is 35.9. The fraction of sp³-hybridized carbons (Fsp3) is 0.0169. The maximum Gasteiger partial charge on any atom is 0.193 e. The van der Waals surface area contributed by atoms with Crippen LogP contribution < -0.4 is 0 Å². The van der Waals surface area contributed by atoms with Crippen molar-refractivity contribution in [3.05, 3.63) is 259 Å². The van der Waals surface area contributed by atoms with Gasteiger partial charge in [0, 0.05) is 64.0 Å². The Labute approximate surface area is 386 Å². The predicted octanol–water partition coefficient (Wildman–Crippen LogP) is 12.5. The van der Waals surface area contributed by atoms with Crippen LogP contribution in [0.5, 0.6) is 0 Å². The number of hydrogen-bond donors (Lipinski definition) is 0. The highest BCUT2D eigenvalue weighted by molar-refractivity contribution is 6.10. The number of carbonyl (C=O) groups excluding carboxylic acids is 1. The quantitative estimate of drug-likeness (QED) is 0.141. The number of hydrogen-bond acceptors (Lipinski definition) is 6. The Morgan fingerprint density at radius 1 is 0.373 bits per heavy atom. The summed E-state index contributed by atoms with van der Waals surface area (Å²) in [5.41, 5.74) is 16.4. The Hall–Kier alpha value is -9.14. The predicted molar refractivity (Wildman–Crippen MR) is 262 cm³/mol. The molecule has 8 aromatic carbocycles. The molecule has 2 aliphatic carbocycles. The van der Waals surface area contributed by atoms with E-state index in [0.29, 0.717) is 28.6 Å². The molecule has 0 bridgehead atoms. The largest absolute Gasteiger partial charge is 0.306 e. The van der Waals surface area contributed by atoms with E-state index in [2.05, 4.69) is 101 Å². The number of benzene rings is 8. The lowest BCUT2D eigenvalue weighted by molar-refractivity contribution is 0.103. The molecule has 314 valence electrons. The molecule has 0 radical (unpaired) electrons. The highest BCUT2D eigenvalue weighted by Crippen LogP contribution is 2.63. The molecule has 2 aliphatic rings. The second-order valence-electron chi connectivity index (χ2n) is 17.0. The van der Waals surface area contributed by atoms with Gasteiger partial charge in [-0.05, 0) is 116 Å². The number of rotatable bonds is 8. The first-order chi connectivity index (χ1) is 33.1. The van der Waals surface area contributed by atoms with Crippen molar-refractivity contribution < 1.29 is 4.79 Å². The van der Waals surface area contributed by atoms with Gasteiger partial charge in [-0.25, -0.2) is 24.9 Å². The molecule has 8 heteroatoms. The number of fused-ring (bicyclic) bond motifs is 10. The minimum Gasteiger partial charge on any atom is -0.306 e. The molecule has 67 heavy (non-hydrogen) atoms. The summed E-state index contributed by atoms with van der Waals surface area (Å²) >= 11 is 0. The summed E-state index contributed by atoms with van der Waals surface area (Å²) in [6.07, 6.45) is 10.9. The van der Waals surface area contributed by atoms with Crippen LogP contribution in [0.15, 0.2) is 225 Å². The first kappa shape index (κ1) is 38.3. The molecule has 0 N–H and O–H groups in total. The Kier molecular flexibility index (Phi) is 8.72. The Morgan fingerprint density at radius 2 is 0.806 bits per heavy atom. The van der Waals surface area contributed by atoms with Crippen molar-refractivity contribution in [1.82, 2.24) is 34.1 Å². The van der Waals surface area contributed by atoms with Crippen LogP contribution in [0.1, 0.15) is 38.2 Å². The third-order valence-corrected chi connectivity index (χ3v) is 13.4. The zero-order valence-corrected chi connectivity index (χ0v) is 35.9. The normalized spacial score (nSPS) is 14.1. The van der Waals surface area contributed by atoms with Crippen molar-refractivity contribution >= 4 is 5.78 Å². The van der Waals surface area contributed by atoms with Crippen molar-refractivity contribution in [2.45, 2.75) is 5.41 Å². The van der Waals surface area contributed by atoms with Gasteiger partial charge in [-0.15, -0.1) is 0 Å². The molecule has 3 aromatic heterocycles. The summed E-state index contributed by atoms with van der Waals surface area (Å²) in [4.78, 5) is 38.5. The van der Waals surface area contributed by atoms with Crippen molar-refractivity contribution in [1.29, 1.82) is 0 Å². The summed E-state index contributed by atoms with van der Waals surface area (Å²) in [6.45, 7) is 0. The van der Waals surface area contributed by atoms with Gasteiger partial charge in [0.05, 0.1) is 18.1 Å². The van der Waals surface area contributed by atoms with Crippen LogP contribution in [0.2, 0.25) is 0 Å². The van der Waals surface area contributed by atoms with E-state index < -0.39 is 5.41 Å². The molecule has 3 heterocycles. The highest BCUT2D eigenvalue weighted by atomic mass is 16.1. The number of nitrogens with zero attached hydrogens (tertiary/aromatic N) is 7. The number of carbonyl (C=O) groups is 1. The van der Waals surface area contributed by atoms with Gasteiger partial charge in [-0.1, -0.05) is 127 Å². The molecule has 11 aromatic rings. The van der Waals surface area contributed by atoms with E-state index >= 15 is 0 Å². The second kappa shape index (κ2) is 15.3. The maximum atomic E-state index is 14.5. The van der Waals surface area contributed by atoms with E-state index in [1.54, 1.807) is 25.0 Å². The molecule has 0 amide bonds. The van der Waals surface area contributed by atoms with E-state index in [4.69, 9.17) is 15.0 Å². The molecule has 1 spiro atoms. The SMILES string of the molecule is O=C(c1ccc(-c2ccccc2)cc1)c1ccc2c(c1)C1(c3ccccc3-2)c2ccccc2-c2ccc(-c3nc(-c4ccc(-n5ccnc5)cc4)nc(-c4ccc(-n5ccnc5)cc4)n3)cc21. The maximum absolute atomic E-state index is 14.5. The molecule has 0 aliphatic heterocycles. The molecule has 13 rings (SSSR count). The summed E-state index contributed by atoms with van der Waals surface area (Å²) in [6, 6.07) is 64.8. The van der Waals surface area contributed by atoms with E-state index in [1.807, 2.05) is 119 Å². The van der Waals surface area contributed by atoms with Gasteiger partial charge in [-0.3, -0.25) is 4.79 Å². The fourth-order valence-electron chi connectivity index (χ4n) is 10.2. The Bertz CT molecular complexity index is 3570. The lowest BCUT2D eigenvalue weighted by Gasteiger charge is -2.31. The van der Waals surface area contributed by atoms with Gasteiger partial charge in [0.1, 0.15) is 0 Å². The van der Waals surface area contributed by atoms with Gasteiger partial charge in [0.25, 0.3) is 0 Å². The van der Waals surface area contributed by atoms with Gasteiger partial charge < -0.3 is 9.13 Å². The summed E-state index contributed by atoms with van der Waals surface area (Å²) in [5, 5.41) is 0. The van der Waals surface area contributed by atoms with Gasteiger partial charge >= 0.3 is 0 Å². The van der Waals surface area contributed by atoms with E-state index in [1.165, 1.54) is 11.1 Å². The highest BCUT2D eigenvalue weighted by Gasteiger charge is 2.52. The van der Waals surface area contributed by atoms with Crippen LogP contribution in [0.4, 0.5) is 0 Å². The number of ketones is 1. The lowest BCUT2D eigenvalue weighted by Crippen LogP contribution is -2.26. The van der Waals surface area contributed by atoms with Crippen molar-refractivity contribution in [3.8, 4) is 78.9 Å². The molecule has 1 atom stereocenters. The molecular formula is C59H37N7O. The monoisotopic (exact) mass is 859 g/mol. The van der Waals surface area contributed by atoms with Crippen LogP contribution in [-0.2, 0) is 5.41 Å². The Morgan fingerprint density at radius 3 is 1.36 bits per heavy atom. The standard InChI is InChI=1S/C59H37N7O/c67-55(40-16-14-39(15-17-40)38-8-2-1-3-9-38)43-22-28-49-47-10-4-6-12-51(47)59(53(49)34-43)52-13-7-5-11-48(52)50-29-23-44(35-54(50)59)58-63-56(41-18-24-45(25-19-41)65-32-30-60-36-65)62-57(64-58)42-20-26-46(27-21-42)66-33-31-61-37-66/h1-37H. The molecule has 0 fully saturated rings. The van der Waals surface area contributed by atoms with Crippen LogP contribution in [-0.4, -0.2) is 39.8 Å². The Balaban J connectivity index is 0.968. The third kappa shape index (κ3) is 6.15. The molecule has 1 unspecified atom stereocenters. The van der Waals surface area contributed by atoms with Crippen molar-refractivity contribution in [3.63, 3.8) is 0 Å². The average Bonchev–Trinajstić information content (AvgIpc) is 4.24. The third-order valence-electron chi connectivity index (χ3n) is 13.4. The van der Waals surface area contributed by atoms with E-state index in [-0.39, 0.29) is 5.78 Å². The minimum absolute atomic E-state index is 0.0184. The summed E-state index contributed by atoms with van der Waals surface area (Å²) < 4.78 is 3.94. The second-order valence-corrected chi connectivity index (χ2v) is 17.0. The van der Waals surface area contributed by atoms with Crippen LogP contribution >= 0.6 is 0 Å². The van der Waals surface area contributed by atoms with Crippen LogP contribution in [0, 0.1) is 0 Å². The first-order valence-corrected chi connectivity index (χ1v) is 22.2. The first-order valence-electron chi connectivity index (χ1n) is 22.2.